The zero-order valence-corrected chi connectivity index (χ0v) is 11.9. The van der Waals surface area contributed by atoms with Crippen LogP contribution in [-0.2, 0) is 15.4 Å². The first-order valence-electron chi connectivity index (χ1n) is 6.12. The molecule has 0 spiro atoms. The van der Waals surface area contributed by atoms with Crippen molar-refractivity contribution in [3.05, 3.63) is 35.4 Å². The average molecular weight is 291 g/mol. The second-order valence-corrected chi connectivity index (χ2v) is 7.39. The average Bonchev–Trinajstić information content (AvgIpc) is 2.27. The van der Waals surface area contributed by atoms with Gasteiger partial charge < -0.3 is 5.73 Å². The van der Waals surface area contributed by atoms with Crippen molar-refractivity contribution in [1.29, 1.82) is 0 Å². The summed E-state index contributed by atoms with van der Waals surface area (Å²) in [6, 6.07) is 3.13. The third-order valence-corrected chi connectivity index (χ3v) is 4.90. The van der Waals surface area contributed by atoms with Gasteiger partial charge in [0.15, 0.2) is 0 Å². The fraction of sp³-hybridized carbons (Fsp3) is 0.538. The van der Waals surface area contributed by atoms with E-state index >= 15 is 0 Å². The van der Waals surface area contributed by atoms with E-state index in [0.29, 0.717) is 18.4 Å². The van der Waals surface area contributed by atoms with Gasteiger partial charge in [-0.2, -0.15) is 0 Å². The Morgan fingerprint density at radius 1 is 1.21 bits per heavy atom. The quantitative estimate of drug-likeness (QED) is 0.875. The van der Waals surface area contributed by atoms with Crippen molar-refractivity contribution in [2.75, 3.05) is 11.5 Å². The van der Waals surface area contributed by atoms with Crippen LogP contribution in [0.15, 0.2) is 18.2 Å². The van der Waals surface area contributed by atoms with Crippen LogP contribution in [0.1, 0.15) is 32.3 Å². The van der Waals surface area contributed by atoms with Crippen LogP contribution < -0.4 is 5.73 Å². The number of rotatable bonds is 6. The van der Waals surface area contributed by atoms with Crippen LogP contribution in [0.3, 0.4) is 0 Å². The summed E-state index contributed by atoms with van der Waals surface area (Å²) in [5.74, 6) is -1.25. The molecule has 0 aliphatic rings. The molecule has 0 radical (unpaired) electrons. The Balaban J connectivity index is 2.75. The molecule has 19 heavy (non-hydrogen) atoms. The van der Waals surface area contributed by atoms with Gasteiger partial charge in [-0.3, -0.25) is 0 Å². The molecular formula is C13H19F2NO2S. The molecule has 0 amide bonds. The molecule has 1 rings (SSSR count). The summed E-state index contributed by atoms with van der Waals surface area (Å²) in [6.45, 7) is 3.22. The Bertz CT molecular complexity index is 521. The van der Waals surface area contributed by atoms with Crippen molar-refractivity contribution in [3.63, 3.8) is 0 Å². The first-order chi connectivity index (χ1) is 8.66. The van der Waals surface area contributed by atoms with Gasteiger partial charge in [0.25, 0.3) is 0 Å². The van der Waals surface area contributed by atoms with Crippen LogP contribution in [0.4, 0.5) is 8.78 Å². The lowest BCUT2D eigenvalue weighted by molar-refractivity contribution is 0.438. The van der Waals surface area contributed by atoms with Crippen LogP contribution in [0.5, 0.6) is 0 Å². The van der Waals surface area contributed by atoms with Gasteiger partial charge in [-0.25, -0.2) is 17.2 Å². The minimum Gasteiger partial charge on any atom is -0.322 e. The minimum atomic E-state index is -3.04. The number of hydrogen-bond acceptors (Lipinski definition) is 3. The van der Waals surface area contributed by atoms with Crippen LogP contribution in [0, 0.1) is 11.6 Å². The molecule has 3 nitrogen and oxygen atoms in total. The van der Waals surface area contributed by atoms with Gasteiger partial charge in [0.1, 0.15) is 21.5 Å². The van der Waals surface area contributed by atoms with E-state index in [-0.39, 0.29) is 11.5 Å². The maximum absolute atomic E-state index is 13.1. The van der Waals surface area contributed by atoms with Gasteiger partial charge in [-0.05, 0) is 37.5 Å². The van der Waals surface area contributed by atoms with Crippen LogP contribution in [0.2, 0.25) is 0 Å². The van der Waals surface area contributed by atoms with Gasteiger partial charge in [-0.15, -0.1) is 0 Å². The zero-order valence-electron chi connectivity index (χ0n) is 11.1. The SMILES string of the molecule is CCS(=O)(=O)CCCC(C)(N)c1cc(F)cc(F)c1. The van der Waals surface area contributed by atoms with E-state index in [1.54, 1.807) is 13.8 Å². The van der Waals surface area contributed by atoms with E-state index in [2.05, 4.69) is 0 Å². The minimum absolute atomic E-state index is 0.0358. The predicted molar refractivity (Wildman–Crippen MR) is 71.5 cm³/mol. The summed E-state index contributed by atoms with van der Waals surface area (Å²) in [5.41, 5.74) is 5.40. The second kappa shape index (κ2) is 5.96. The van der Waals surface area contributed by atoms with Gasteiger partial charge >= 0.3 is 0 Å². The van der Waals surface area contributed by atoms with E-state index < -0.39 is 27.0 Å². The van der Waals surface area contributed by atoms with Gasteiger partial charge in [0.05, 0.1) is 5.75 Å². The molecular weight excluding hydrogens is 272 g/mol. The van der Waals surface area contributed by atoms with Crippen molar-refractivity contribution >= 4 is 9.84 Å². The molecule has 1 aromatic rings. The summed E-state index contributed by atoms with van der Waals surface area (Å²) < 4.78 is 49.0. The molecule has 0 fully saturated rings. The topological polar surface area (TPSA) is 60.2 Å². The van der Waals surface area contributed by atoms with Crippen molar-refractivity contribution < 1.29 is 17.2 Å². The van der Waals surface area contributed by atoms with Gasteiger partial charge in [-0.1, -0.05) is 6.92 Å². The van der Waals surface area contributed by atoms with E-state index in [1.165, 1.54) is 12.1 Å². The largest absolute Gasteiger partial charge is 0.322 e. The highest BCUT2D eigenvalue weighted by Crippen LogP contribution is 2.25. The maximum atomic E-state index is 13.1. The monoisotopic (exact) mass is 291 g/mol. The number of benzene rings is 1. The lowest BCUT2D eigenvalue weighted by Crippen LogP contribution is -2.33. The molecule has 1 aromatic carbocycles. The Morgan fingerprint density at radius 3 is 2.21 bits per heavy atom. The molecule has 1 unspecified atom stereocenters. The lowest BCUT2D eigenvalue weighted by Gasteiger charge is -2.25. The van der Waals surface area contributed by atoms with Crippen LogP contribution in [-0.4, -0.2) is 19.9 Å². The number of hydrogen-bond donors (Lipinski definition) is 1. The van der Waals surface area contributed by atoms with Crippen LogP contribution >= 0.6 is 0 Å². The molecule has 2 N–H and O–H groups in total. The van der Waals surface area contributed by atoms with Gasteiger partial charge in [0.2, 0.25) is 0 Å². The summed E-state index contributed by atoms with van der Waals surface area (Å²) in [4.78, 5) is 0. The molecule has 108 valence electrons. The molecule has 0 bridgehead atoms. The van der Waals surface area contributed by atoms with E-state index in [1.807, 2.05) is 0 Å². The normalized spacial score (nSPS) is 15.2. The Labute approximate surface area is 112 Å². The fourth-order valence-electron chi connectivity index (χ4n) is 1.83. The summed E-state index contributed by atoms with van der Waals surface area (Å²) in [5, 5.41) is 0. The van der Waals surface area contributed by atoms with E-state index in [0.717, 1.165) is 6.07 Å². The van der Waals surface area contributed by atoms with Crippen molar-refractivity contribution in [1.82, 2.24) is 0 Å². The number of nitrogens with two attached hydrogens (primary N) is 1. The number of halogens is 2. The highest BCUT2D eigenvalue weighted by molar-refractivity contribution is 7.91. The predicted octanol–water partition coefficient (Wildman–Crippen LogP) is 2.35. The Hall–Kier alpha value is -1.01. The highest BCUT2D eigenvalue weighted by atomic mass is 32.2. The maximum Gasteiger partial charge on any atom is 0.150 e. The Kier molecular flexibility index (Phi) is 5.04. The third kappa shape index (κ3) is 4.87. The molecule has 1 atom stereocenters. The summed E-state index contributed by atoms with van der Waals surface area (Å²) >= 11 is 0. The van der Waals surface area contributed by atoms with E-state index in [9.17, 15) is 17.2 Å². The molecule has 6 heteroatoms. The molecule has 0 heterocycles. The summed E-state index contributed by atoms with van der Waals surface area (Å²) in [6.07, 6.45) is 0.705. The number of sulfone groups is 1. The zero-order chi connectivity index (χ0) is 14.7. The van der Waals surface area contributed by atoms with Crippen molar-refractivity contribution in [2.45, 2.75) is 32.2 Å². The highest BCUT2D eigenvalue weighted by Gasteiger charge is 2.23. The summed E-state index contributed by atoms with van der Waals surface area (Å²) in [7, 11) is -3.04. The molecule has 0 saturated heterocycles. The standard InChI is InChI=1S/C13H19F2NO2S/c1-3-19(17,18)6-4-5-13(2,16)10-7-11(14)9-12(15)8-10/h7-9H,3-6,16H2,1-2H3. The molecule has 0 aliphatic heterocycles. The smallest absolute Gasteiger partial charge is 0.150 e. The lowest BCUT2D eigenvalue weighted by atomic mass is 9.88. The molecule has 0 aliphatic carbocycles. The first-order valence-corrected chi connectivity index (χ1v) is 7.94. The third-order valence-electron chi connectivity index (χ3n) is 3.11. The Morgan fingerprint density at radius 2 is 1.74 bits per heavy atom. The first kappa shape index (κ1) is 16.0. The molecule has 0 saturated carbocycles. The van der Waals surface area contributed by atoms with E-state index in [4.69, 9.17) is 5.73 Å². The fourth-order valence-corrected chi connectivity index (χ4v) is 2.70. The second-order valence-electron chi connectivity index (χ2n) is 4.92. The van der Waals surface area contributed by atoms with Crippen molar-refractivity contribution in [3.8, 4) is 0 Å². The van der Waals surface area contributed by atoms with Crippen LogP contribution in [0.25, 0.3) is 0 Å². The molecule has 0 aromatic heterocycles. The van der Waals surface area contributed by atoms with Crippen molar-refractivity contribution in [2.24, 2.45) is 5.73 Å². The van der Waals surface area contributed by atoms with Gasteiger partial charge in [0, 0.05) is 17.4 Å².